The van der Waals surface area contributed by atoms with Gasteiger partial charge in [-0.25, -0.2) is 0 Å². The summed E-state index contributed by atoms with van der Waals surface area (Å²) < 4.78 is 0. The number of anilines is 1. The molecule has 3 rings (SSSR count). The summed E-state index contributed by atoms with van der Waals surface area (Å²) in [6.07, 6.45) is 9.39. The molecule has 20 heavy (non-hydrogen) atoms. The van der Waals surface area contributed by atoms with Gasteiger partial charge in [-0.2, -0.15) is 0 Å². The van der Waals surface area contributed by atoms with Gasteiger partial charge in [-0.05, 0) is 37.3 Å². The average Bonchev–Trinajstić information content (AvgIpc) is 2.86. The van der Waals surface area contributed by atoms with E-state index in [1.807, 2.05) is 12.4 Å². The van der Waals surface area contributed by atoms with Gasteiger partial charge >= 0.3 is 0 Å². The molecule has 2 aliphatic rings. The molecule has 1 saturated heterocycles. The zero-order valence-corrected chi connectivity index (χ0v) is 13.0. The lowest BCUT2D eigenvalue weighted by molar-refractivity contribution is 0.245. The Labute approximate surface area is 122 Å². The highest BCUT2D eigenvalue weighted by molar-refractivity contribution is 5.48. The fraction of sp³-hybridized carbons (Fsp3) is 0.706. The summed E-state index contributed by atoms with van der Waals surface area (Å²) in [4.78, 5) is 7.02. The first kappa shape index (κ1) is 13.9. The summed E-state index contributed by atoms with van der Waals surface area (Å²) >= 11 is 0. The second kappa shape index (κ2) is 5.36. The third-order valence-corrected chi connectivity index (χ3v) is 5.08. The molecule has 2 heterocycles. The van der Waals surface area contributed by atoms with Crippen molar-refractivity contribution in [2.75, 3.05) is 18.0 Å². The molecule has 1 aromatic heterocycles. The Bertz CT molecular complexity index is 463. The summed E-state index contributed by atoms with van der Waals surface area (Å²) in [6.45, 7) is 9.03. The highest BCUT2D eigenvalue weighted by Crippen LogP contribution is 2.36. The van der Waals surface area contributed by atoms with Crippen LogP contribution in [0.5, 0.6) is 0 Å². The van der Waals surface area contributed by atoms with Crippen LogP contribution in [-0.2, 0) is 0 Å². The van der Waals surface area contributed by atoms with E-state index in [0.717, 1.165) is 13.1 Å². The first-order valence-electron chi connectivity index (χ1n) is 8.03. The third-order valence-electron chi connectivity index (χ3n) is 5.08. The number of pyridine rings is 1. The van der Waals surface area contributed by atoms with E-state index in [1.54, 1.807) is 0 Å². The van der Waals surface area contributed by atoms with Crippen LogP contribution in [0.25, 0.3) is 0 Å². The summed E-state index contributed by atoms with van der Waals surface area (Å²) in [6, 6.07) is 2.86. The van der Waals surface area contributed by atoms with E-state index in [1.165, 1.54) is 36.9 Å². The van der Waals surface area contributed by atoms with Gasteiger partial charge in [-0.15, -0.1) is 0 Å². The molecular formula is C17H27N3. The van der Waals surface area contributed by atoms with Crippen molar-refractivity contribution in [3.8, 4) is 0 Å². The van der Waals surface area contributed by atoms with E-state index in [4.69, 9.17) is 0 Å². The molecule has 0 aromatic carbocycles. The topological polar surface area (TPSA) is 28.2 Å². The van der Waals surface area contributed by atoms with Crippen LogP contribution < -0.4 is 10.2 Å². The van der Waals surface area contributed by atoms with Gasteiger partial charge in [0.15, 0.2) is 0 Å². The molecule has 1 aromatic rings. The molecule has 110 valence electrons. The maximum Gasteiger partial charge on any atom is 0.0559 e. The molecular weight excluding hydrogens is 246 g/mol. The van der Waals surface area contributed by atoms with Crippen molar-refractivity contribution >= 4 is 5.69 Å². The molecule has 3 heteroatoms. The molecule has 0 bridgehead atoms. The number of nitrogens with zero attached hydrogens (tertiary/aromatic N) is 2. The second-order valence-electron chi connectivity index (χ2n) is 7.03. The summed E-state index contributed by atoms with van der Waals surface area (Å²) in [5, 5.41) is 3.88. The first-order valence-corrected chi connectivity index (χ1v) is 8.03. The molecule has 2 fully saturated rings. The van der Waals surface area contributed by atoms with Gasteiger partial charge in [0.05, 0.1) is 11.9 Å². The summed E-state index contributed by atoms with van der Waals surface area (Å²) in [5.41, 5.74) is 2.91. The van der Waals surface area contributed by atoms with Crippen LogP contribution >= 0.6 is 0 Å². The Balaban J connectivity index is 1.89. The second-order valence-corrected chi connectivity index (χ2v) is 7.03. The number of aryl methyl sites for hydroxylation is 1. The number of aromatic nitrogens is 1. The normalized spacial score (nSPS) is 25.6. The zero-order valence-electron chi connectivity index (χ0n) is 13.0. The van der Waals surface area contributed by atoms with Crippen LogP contribution in [0.2, 0.25) is 0 Å². The monoisotopic (exact) mass is 273 g/mol. The molecule has 1 aliphatic heterocycles. The minimum atomic E-state index is 0.356. The largest absolute Gasteiger partial charge is 0.364 e. The van der Waals surface area contributed by atoms with Gasteiger partial charge < -0.3 is 10.2 Å². The fourth-order valence-electron chi connectivity index (χ4n) is 3.89. The molecule has 1 atom stereocenters. The van der Waals surface area contributed by atoms with Crippen molar-refractivity contribution in [3.05, 3.63) is 24.0 Å². The Hall–Kier alpha value is -1.09. The number of nitrogens with one attached hydrogen (secondary N) is 1. The zero-order chi connectivity index (χ0) is 14.2. The van der Waals surface area contributed by atoms with Crippen LogP contribution in [0.15, 0.2) is 18.5 Å². The van der Waals surface area contributed by atoms with Crippen molar-refractivity contribution in [2.24, 2.45) is 5.92 Å². The van der Waals surface area contributed by atoms with Gasteiger partial charge in [-0.3, -0.25) is 4.98 Å². The number of rotatable bonds is 2. The maximum absolute atomic E-state index is 4.41. The first-order chi connectivity index (χ1) is 9.60. The van der Waals surface area contributed by atoms with Crippen molar-refractivity contribution in [1.82, 2.24) is 10.3 Å². The van der Waals surface area contributed by atoms with Crippen molar-refractivity contribution in [1.29, 1.82) is 0 Å². The van der Waals surface area contributed by atoms with Crippen molar-refractivity contribution < 1.29 is 0 Å². The Kier molecular flexibility index (Phi) is 3.72. The Morgan fingerprint density at radius 1 is 1.30 bits per heavy atom. The molecule has 3 nitrogen and oxygen atoms in total. The SMILES string of the molecule is Cc1cncc(N2CC3(CCCC3)NCC2C(C)C)c1. The molecule has 1 unspecified atom stereocenters. The molecule has 1 N–H and O–H groups in total. The van der Waals surface area contributed by atoms with Crippen LogP contribution in [0.1, 0.15) is 45.1 Å². The molecule has 1 aliphatic carbocycles. The van der Waals surface area contributed by atoms with Gasteiger partial charge in [0.1, 0.15) is 0 Å². The maximum atomic E-state index is 4.41. The minimum Gasteiger partial charge on any atom is -0.364 e. The summed E-state index contributed by atoms with van der Waals surface area (Å²) in [7, 11) is 0. The average molecular weight is 273 g/mol. The van der Waals surface area contributed by atoms with Crippen LogP contribution in [-0.4, -0.2) is 29.7 Å². The van der Waals surface area contributed by atoms with Gasteiger partial charge in [0.25, 0.3) is 0 Å². The van der Waals surface area contributed by atoms with E-state index < -0.39 is 0 Å². The lowest BCUT2D eigenvalue weighted by Gasteiger charge is -2.49. The smallest absolute Gasteiger partial charge is 0.0559 e. The van der Waals surface area contributed by atoms with Crippen LogP contribution in [0.4, 0.5) is 5.69 Å². The highest BCUT2D eigenvalue weighted by atomic mass is 15.3. The van der Waals surface area contributed by atoms with Crippen molar-refractivity contribution in [3.63, 3.8) is 0 Å². The number of hydrogen-bond donors (Lipinski definition) is 1. The van der Waals surface area contributed by atoms with Crippen LogP contribution in [0.3, 0.4) is 0 Å². The molecule has 0 radical (unpaired) electrons. The molecule has 1 saturated carbocycles. The summed E-state index contributed by atoms with van der Waals surface area (Å²) in [5.74, 6) is 0.654. The lowest BCUT2D eigenvalue weighted by Crippen LogP contribution is -2.64. The molecule has 0 amide bonds. The highest BCUT2D eigenvalue weighted by Gasteiger charge is 2.41. The Morgan fingerprint density at radius 3 is 2.70 bits per heavy atom. The predicted octanol–water partition coefficient (Wildman–Crippen LogP) is 3.14. The van der Waals surface area contributed by atoms with E-state index in [2.05, 4.69) is 42.0 Å². The van der Waals surface area contributed by atoms with Gasteiger partial charge in [-0.1, -0.05) is 26.7 Å². The third kappa shape index (κ3) is 2.56. The fourth-order valence-corrected chi connectivity index (χ4v) is 3.89. The van der Waals surface area contributed by atoms with E-state index >= 15 is 0 Å². The Morgan fingerprint density at radius 2 is 2.05 bits per heavy atom. The van der Waals surface area contributed by atoms with Crippen LogP contribution in [0, 0.1) is 12.8 Å². The van der Waals surface area contributed by atoms with Gasteiger partial charge in [0.2, 0.25) is 0 Å². The number of piperazine rings is 1. The van der Waals surface area contributed by atoms with E-state index in [0.29, 0.717) is 17.5 Å². The van der Waals surface area contributed by atoms with E-state index in [-0.39, 0.29) is 0 Å². The lowest BCUT2D eigenvalue weighted by atomic mass is 9.88. The number of hydrogen-bond acceptors (Lipinski definition) is 3. The van der Waals surface area contributed by atoms with E-state index in [9.17, 15) is 0 Å². The van der Waals surface area contributed by atoms with Gasteiger partial charge in [0, 0.05) is 30.9 Å². The standard InChI is InChI=1S/C17H27N3/c1-13(2)16-11-19-17(6-4-5-7-17)12-20(16)15-8-14(3)9-18-10-15/h8-10,13,16,19H,4-7,11-12H2,1-3H3. The quantitative estimate of drug-likeness (QED) is 0.897. The predicted molar refractivity (Wildman–Crippen MR) is 84.1 cm³/mol. The van der Waals surface area contributed by atoms with Crippen molar-refractivity contribution in [2.45, 2.75) is 58.0 Å². The molecule has 1 spiro atoms. The minimum absolute atomic E-state index is 0.356.